The van der Waals surface area contributed by atoms with Crippen molar-refractivity contribution in [3.63, 3.8) is 0 Å². The van der Waals surface area contributed by atoms with Gasteiger partial charge in [-0.3, -0.25) is 4.79 Å². The zero-order valence-electron chi connectivity index (χ0n) is 11.3. The van der Waals surface area contributed by atoms with Gasteiger partial charge in [-0.1, -0.05) is 20.3 Å². The molecule has 0 aromatic heterocycles. The van der Waals surface area contributed by atoms with Gasteiger partial charge in [0.05, 0.1) is 37.8 Å². The molecule has 2 aliphatic heterocycles. The zero-order valence-corrected chi connectivity index (χ0v) is 11.3. The van der Waals surface area contributed by atoms with E-state index in [-0.39, 0.29) is 17.9 Å². The van der Waals surface area contributed by atoms with Crippen LogP contribution in [0.25, 0.3) is 0 Å². The lowest BCUT2D eigenvalue weighted by Gasteiger charge is -2.47. The van der Waals surface area contributed by atoms with Crippen LogP contribution in [0.3, 0.4) is 0 Å². The van der Waals surface area contributed by atoms with Crippen molar-refractivity contribution in [2.75, 3.05) is 32.8 Å². The van der Waals surface area contributed by atoms with Crippen LogP contribution in [0.5, 0.6) is 0 Å². The second kappa shape index (κ2) is 5.55. The number of aliphatic hydroxyl groups is 1. The quantitative estimate of drug-likeness (QED) is 0.726. The number of likely N-dealkylation sites (tertiary alicyclic amines) is 1. The average Bonchev–Trinajstić information content (AvgIpc) is 2.74. The van der Waals surface area contributed by atoms with Crippen LogP contribution >= 0.6 is 0 Å². The molecule has 2 atom stereocenters. The van der Waals surface area contributed by atoms with Gasteiger partial charge in [-0.2, -0.15) is 0 Å². The summed E-state index contributed by atoms with van der Waals surface area (Å²) in [6, 6.07) is 0.127. The van der Waals surface area contributed by atoms with E-state index >= 15 is 0 Å². The molecule has 2 saturated heterocycles. The lowest BCUT2D eigenvalue weighted by molar-refractivity contribution is -0.161. The Morgan fingerprint density at radius 3 is 2.78 bits per heavy atom. The summed E-state index contributed by atoms with van der Waals surface area (Å²) >= 11 is 0. The molecule has 2 aliphatic rings. The molecule has 0 aromatic rings. The molecule has 2 N–H and O–H groups in total. The van der Waals surface area contributed by atoms with E-state index in [1.54, 1.807) is 4.90 Å². The normalized spacial score (nSPS) is 30.3. The maximum absolute atomic E-state index is 12.3. The van der Waals surface area contributed by atoms with Crippen molar-refractivity contribution in [1.82, 2.24) is 10.2 Å². The number of nitrogens with zero attached hydrogens (tertiary/aromatic N) is 1. The van der Waals surface area contributed by atoms with Gasteiger partial charge in [0.15, 0.2) is 0 Å². The maximum Gasteiger partial charge on any atom is 0.229 e. The molecule has 104 valence electrons. The molecule has 0 radical (unpaired) electrons. The molecule has 2 fully saturated rings. The number of β-amino-alcohol motifs (C(OH)–C–C–N with tert-alkyl or cyclic N) is 1. The number of rotatable bonds is 5. The Labute approximate surface area is 108 Å². The van der Waals surface area contributed by atoms with E-state index in [2.05, 4.69) is 12.2 Å². The minimum absolute atomic E-state index is 0.0869. The van der Waals surface area contributed by atoms with E-state index in [0.717, 1.165) is 19.4 Å². The number of hydrogen-bond acceptors (Lipinski definition) is 4. The Bertz CT molecular complexity index is 303. The fourth-order valence-corrected chi connectivity index (χ4v) is 2.94. The molecule has 5 heteroatoms. The number of likely N-dealkylation sites (N-methyl/N-ethyl adjacent to an activating group) is 1. The first-order valence-corrected chi connectivity index (χ1v) is 6.92. The molecule has 2 unspecified atom stereocenters. The Balaban J connectivity index is 1.86. The fraction of sp³-hybridized carbons (Fsp3) is 0.923. The second-order valence-corrected chi connectivity index (χ2v) is 5.48. The van der Waals surface area contributed by atoms with Crippen molar-refractivity contribution >= 4 is 5.91 Å². The number of carbonyl (C=O) groups excluding carboxylic acids is 1. The average molecular weight is 256 g/mol. The lowest BCUT2D eigenvalue weighted by Crippen LogP contribution is -2.65. The van der Waals surface area contributed by atoms with Crippen LogP contribution in [0, 0.1) is 5.92 Å². The van der Waals surface area contributed by atoms with E-state index in [1.165, 1.54) is 0 Å². The van der Waals surface area contributed by atoms with Gasteiger partial charge in [-0.15, -0.1) is 0 Å². The standard InChI is InChI=1S/C13H24N2O3/c1-3-5-13(17)8-15(9-13)12(16)10-6-18-7-11(10)14-4-2/h10-11,14,17H,3-9H2,1-2H3. The van der Waals surface area contributed by atoms with E-state index < -0.39 is 5.60 Å². The summed E-state index contributed by atoms with van der Waals surface area (Å²) in [5.41, 5.74) is -0.641. The highest BCUT2D eigenvalue weighted by Crippen LogP contribution is 2.28. The Morgan fingerprint density at radius 2 is 2.17 bits per heavy atom. The number of ether oxygens (including phenoxy) is 1. The van der Waals surface area contributed by atoms with Crippen LogP contribution in [-0.4, -0.2) is 60.4 Å². The number of nitrogens with one attached hydrogen (secondary N) is 1. The first kappa shape index (κ1) is 13.8. The molecule has 0 spiro atoms. The van der Waals surface area contributed by atoms with Crippen molar-refractivity contribution in [2.24, 2.45) is 5.92 Å². The third-order valence-electron chi connectivity index (χ3n) is 3.86. The third kappa shape index (κ3) is 2.68. The molecule has 0 aromatic carbocycles. The van der Waals surface area contributed by atoms with Crippen LogP contribution in [0.1, 0.15) is 26.7 Å². The van der Waals surface area contributed by atoms with Crippen molar-refractivity contribution in [2.45, 2.75) is 38.3 Å². The Morgan fingerprint density at radius 1 is 1.44 bits per heavy atom. The molecular formula is C13H24N2O3. The summed E-state index contributed by atoms with van der Waals surface area (Å²) in [5.74, 6) is 0.0374. The highest BCUT2D eigenvalue weighted by molar-refractivity contribution is 5.81. The van der Waals surface area contributed by atoms with Gasteiger partial charge in [0.2, 0.25) is 5.91 Å². The SMILES string of the molecule is CCCC1(O)CN(C(=O)C2COCC2NCC)C1. The lowest BCUT2D eigenvalue weighted by atomic mass is 9.87. The topological polar surface area (TPSA) is 61.8 Å². The van der Waals surface area contributed by atoms with Crippen LogP contribution in [0.2, 0.25) is 0 Å². The van der Waals surface area contributed by atoms with Gasteiger partial charge >= 0.3 is 0 Å². The highest BCUT2D eigenvalue weighted by Gasteiger charge is 2.46. The first-order chi connectivity index (χ1) is 8.59. The summed E-state index contributed by atoms with van der Waals surface area (Å²) < 4.78 is 5.39. The number of carbonyl (C=O) groups is 1. The smallest absolute Gasteiger partial charge is 0.229 e. The van der Waals surface area contributed by atoms with E-state index in [4.69, 9.17) is 4.74 Å². The number of amides is 1. The summed E-state index contributed by atoms with van der Waals surface area (Å²) in [6.07, 6.45) is 1.72. The molecule has 0 bridgehead atoms. The Kier molecular flexibility index (Phi) is 4.25. The van der Waals surface area contributed by atoms with Gasteiger partial charge in [0.25, 0.3) is 0 Å². The summed E-state index contributed by atoms with van der Waals surface area (Å²) in [4.78, 5) is 14.1. The van der Waals surface area contributed by atoms with Crippen LogP contribution in [-0.2, 0) is 9.53 Å². The molecular weight excluding hydrogens is 232 g/mol. The van der Waals surface area contributed by atoms with Crippen molar-refractivity contribution in [1.29, 1.82) is 0 Å². The second-order valence-electron chi connectivity index (χ2n) is 5.48. The molecule has 1 amide bonds. The highest BCUT2D eigenvalue weighted by atomic mass is 16.5. The predicted molar refractivity (Wildman–Crippen MR) is 68.2 cm³/mol. The molecule has 5 nitrogen and oxygen atoms in total. The minimum atomic E-state index is -0.641. The summed E-state index contributed by atoms with van der Waals surface area (Å²) in [7, 11) is 0. The minimum Gasteiger partial charge on any atom is -0.386 e. The van der Waals surface area contributed by atoms with Gasteiger partial charge in [0, 0.05) is 6.04 Å². The van der Waals surface area contributed by atoms with Crippen molar-refractivity contribution < 1.29 is 14.6 Å². The molecule has 18 heavy (non-hydrogen) atoms. The van der Waals surface area contributed by atoms with E-state index in [9.17, 15) is 9.90 Å². The van der Waals surface area contributed by atoms with E-state index in [1.807, 2.05) is 6.92 Å². The van der Waals surface area contributed by atoms with Crippen LogP contribution in [0.4, 0.5) is 0 Å². The summed E-state index contributed by atoms with van der Waals surface area (Å²) in [6.45, 7) is 7.00. The van der Waals surface area contributed by atoms with Crippen molar-refractivity contribution in [3.05, 3.63) is 0 Å². The molecule has 2 rings (SSSR count). The van der Waals surface area contributed by atoms with Crippen LogP contribution in [0.15, 0.2) is 0 Å². The maximum atomic E-state index is 12.3. The van der Waals surface area contributed by atoms with E-state index in [0.29, 0.717) is 26.3 Å². The number of hydrogen-bond donors (Lipinski definition) is 2. The fourth-order valence-electron chi connectivity index (χ4n) is 2.94. The van der Waals surface area contributed by atoms with Gasteiger partial charge in [-0.05, 0) is 13.0 Å². The summed E-state index contributed by atoms with van der Waals surface area (Å²) in [5, 5.41) is 13.4. The monoisotopic (exact) mass is 256 g/mol. The van der Waals surface area contributed by atoms with Crippen molar-refractivity contribution in [3.8, 4) is 0 Å². The Hall–Kier alpha value is -0.650. The third-order valence-corrected chi connectivity index (χ3v) is 3.86. The molecule has 0 saturated carbocycles. The predicted octanol–water partition coefficient (Wildman–Crippen LogP) is -0.0157. The van der Waals surface area contributed by atoms with Gasteiger partial charge in [-0.25, -0.2) is 0 Å². The zero-order chi connectivity index (χ0) is 13.2. The first-order valence-electron chi connectivity index (χ1n) is 6.92. The van der Waals surface area contributed by atoms with Gasteiger partial charge in [0.1, 0.15) is 0 Å². The molecule has 2 heterocycles. The van der Waals surface area contributed by atoms with Crippen LogP contribution < -0.4 is 5.32 Å². The molecule has 0 aliphatic carbocycles. The van der Waals surface area contributed by atoms with Gasteiger partial charge < -0.3 is 20.1 Å². The largest absolute Gasteiger partial charge is 0.386 e.